The van der Waals surface area contributed by atoms with Crippen molar-refractivity contribution in [2.45, 2.75) is 18.8 Å². The molecule has 2 heterocycles. The van der Waals surface area contributed by atoms with E-state index in [9.17, 15) is 22.8 Å². The number of pyridine rings is 1. The molecule has 0 aliphatic carbocycles. The van der Waals surface area contributed by atoms with Crippen LogP contribution in [-0.4, -0.2) is 20.0 Å². The van der Waals surface area contributed by atoms with Crippen LogP contribution < -0.4 is 10.9 Å². The van der Waals surface area contributed by atoms with Gasteiger partial charge in [-0.25, -0.2) is 4.98 Å². The Labute approximate surface area is 168 Å². The van der Waals surface area contributed by atoms with Gasteiger partial charge in [0.1, 0.15) is 23.4 Å². The molecule has 0 saturated carbocycles. The van der Waals surface area contributed by atoms with E-state index in [-0.39, 0.29) is 0 Å². The summed E-state index contributed by atoms with van der Waals surface area (Å²) < 4.78 is 41.3. The first-order chi connectivity index (χ1) is 13.7. The number of alkyl halides is 3. The van der Waals surface area contributed by atoms with Crippen LogP contribution in [-0.2, 0) is 24.6 Å². The number of carbonyl (C=O) groups excluding carboxylic acids is 1. The molecule has 0 aliphatic rings. The highest BCUT2D eigenvalue weighted by molar-refractivity contribution is 6.30. The second-order valence-electron chi connectivity index (χ2n) is 6.32. The van der Waals surface area contributed by atoms with Crippen molar-refractivity contribution in [3.05, 3.63) is 87.3 Å². The van der Waals surface area contributed by atoms with Gasteiger partial charge in [-0.3, -0.25) is 9.59 Å². The number of aryl methyl sites for hydroxylation is 1. The minimum atomic E-state index is -4.70. The molecule has 3 aromatic rings. The van der Waals surface area contributed by atoms with Gasteiger partial charge in [0, 0.05) is 25.6 Å². The molecule has 0 aliphatic heterocycles. The van der Waals surface area contributed by atoms with Crippen LogP contribution in [0, 0.1) is 0 Å². The fourth-order valence-corrected chi connectivity index (χ4v) is 3.06. The Morgan fingerprint density at radius 1 is 1.28 bits per heavy atom. The van der Waals surface area contributed by atoms with Crippen LogP contribution in [0.3, 0.4) is 0 Å². The SMILES string of the molecule is Cn1ccnc1[C@H](NC(=O)Cn1cc(C(F)(F)F)cc(Cl)c1=O)c1ccccc1. The Morgan fingerprint density at radius 2 is 1.97 bits per heavy atom. The van der Waals surface area contributed by atoms with Crippen LogP contribution in [0.5, 0.6) is 0 Å². The maximum Gasteiger partial charge on any atom is 0.417 e. The Bertz CT molecular complexity index is 1080. The van der Waals surface area contributed by atoms with E-state index in [1.807, 2.05) is 6.07 Å². The highest BCUT2D eigenvalue weighted by Crippen LogP contribution is 2.29. The first kappa shape index (κ1) is 20.7. The topological polar surface area (TPSA) is 68.9 Å². The van der Waals surface area contributed by atoms with Crippen molar-refractivity contribution in [1.82, 2.24) is 19.4 Å². The molecule has 1 atom stereocenters. The van der Waals surface area contributed by atoms with Gasteiger partial charge in [-0.2, -0.15) is 13.2 Å². The summed E-state index contributed by atoms with van der Waals surface area (Å²) >= 11 is 5.63. The van der Waals surface area contributed by atoms with Gasteiger partial charge in [0.15, 0.2) is 0 Å². The monoisotopic (exact) mass is 424 g/mol. The predicted octanol–water partition coefficient (Wildman–Crippen LogP) is 3.16. The molecule has 0 unspecified atom stereocenters. The fourth-order valence-electron chi connectivity index (χ4n) is 2.83. The smallest absolute Gasteiger partial charge is 0.341 e. The minimum absolute atomic E-state index is 0.527. The maximum atomic E-state index is 13.0. The van der Waals surface area contributed by atoms with Crippen molar-refractivity contribution >= 4 is 17.5 Å². The molecular weight excluding hydrogens is 409 g/mol. The van der Waals surface area contributed by atoms with Gasteiger partial charge in [-0.15, -0.1) is 0 Å². The third kappa shape index (κ3) is 4.68. The number of benzene rings is 1. The van der Waals surface area contributed by atoms with Crippen molar-refractivity contribution in [1.29, 1.82) is 0 Å². The van der Waals surface area contributed by atoms with Gasteiger partial charge in [-0.05, 0) is 11.6 Å². The van der Waals surface area contributed by atoms with Gasteiger partial charge in [0.25, 0.3) is 5.56 Å². The lowest BCUT2D eigenvalue weighted by Crippen LogP contribution is -2.36. The first-order valence-corrected chi connectivity index (χ1v) is 8.83. The predicted molar refractivity (Wildman–Crippen MR) is 100 cm³/mol. The molecule has 1 aromatic carbocycles. The number of nitrogens with zero attached hydrogens (tertiary/aromatic N) is 3. The minimum Gasteiger partial charge on any atom is -0.341 e. The van der Waals surface area contributed by atoms with Crippen LogP contribution in [0.15, 0.2) is 59.8 Å². The normalized spacial score (nSPS) is 12.6. The van der Waals surface area contributed by atoms with E-state index in [1.165, 1.54) is 0 Å². The molecule has 1 amide bonds. The lowest BCUT2D eigenvalue weighted by Gasteiger charge is -2.20. The van der Waals surface area contributed by atoms with Crippen LogP contribution in [0.1, 0.15) is 23.0 Å². The number of rotatable bonds is 5. The Kier molecular flexibility index (Phi) is 5.78. The van der Waals surface area contributed by atoms with E-state index in [0.717, 1.165) is 5.56 Å². The zero-order valence-corrected chi connectivity index (χ0v) is 15.9. The molecule has 0 bridgehead atoms. The van der Waals surface area contributed by atoms with Crippen molar-refractivity contribution in [2.24, 2.45) is 7.05 Å². The Hall–Kier alpha value is -3.07. The zero-order valence-electron chi connectivity index (χ0n) is 15.2. The summed E-state index contributed by atoms with van der Waals surface area (Å²) in [6.45, 7) is -0.629. The van der Waals surface area contributed by atoms with Crippen molar-refractivity contribution in [3.63, 3.8) is 0 Å². The van der Waals surface area contributed by atoms with Crippen molar-refractivity contribution in [3.8, 4) is 0 Å². The van der Waals surface area contributed by atoms with Crippen LogP contribution >= 0.6 is 11.6 Å². The van der Waals surface area contributed by atoms with Gasteiger partial charge in [0.05, 0.1) is 5.56 Å². The average molecular weight is 425 g/mol. The molecule has 3 rings (SSSR count). The van der Waals surface area contributed by atoms with E-state index < -0.39 is 40.8 Å². The number of hydrogen-bond donors (Lipinski definition) is 1. The number of carbonyl (C=O) groups is 1. The van der Waals surface area contributed by atoms with Gasteiger partial charge < -0.3 is 14.5 Å². The Balaban J connectivity index is 1.90. The third-order valence-electron chi connectivity index (χ3n) is 4.24. The standard InChI is InChI=1S/C19H16ClF3N4O2/c1-26-8-7-24-17(26)16(12-5-3-2-4-6-12)25-15(28)11-27-10-13(19(21,22)23)9-14(20)18(27)29/h2-10,16H,11H2,1H3,(H,25,28)/t16-/m1/s1. The van der Waals surface area contributed by atoms with Gasteiger partial charge in [-0.1, -0.05) is 41.9 Å². The number of amides is 1. The second kappa shape index (κ2) is 8.12. The summed E-state index contributed by atoms with van der Waals surface area (Å²) in [5.41, 5.74) is -1.27. The van der Waals surface area contributed by atoms with Crippen LogP contribution in [0.4, 0.5) is 13.2 Å². The fraction of sp³-hybridized carbons (Fsp3) is 0.211. The van der Waals surface area contributed by atoms with Crippen LogP contribution in [0.25, 0.3) is 0 Å². The molecule has 0 radical (unpaired) electrons. The molecule has 6 nitrogen and oxygen atoms in total. The molecule has 1 N–H and O–H groups in total. The lowest BCUT2D eigenvalue weighted by molar-refractivity contribution is -0.138. The van der Waals surface area contributed by atoms with E-state index >= 15 is 0 Å². The highest BCUT2D eigenvalue weighted by Gasteiger charge is 2.32. The van der Waals surface area contributed by atoms with E-state index in [4.69, 9.17) is 11.6 Å². The molecule has 0 spiro atoms. The highest BCUT2D eigenvalue weighted by atomic mass is 35.5. The molecular formula is C19H16ClF3N4O2. The van der Waals surface area contributed by atoms with Gasteiger partial charge >= 0.3 is 6.18 Å². The van der Waals surface area contributed by atoms with E-state index in [2.05, 4.69) is 10.3 Å². The van der Waals surface area contributed by atoms with E-state index in [1.54, 1.807) is 48.3 Å². The molecule has 0 fully saturated rings. The number of nitrogens with one attached hydrogen (secondary N) is 1. The quantitative estimate of drug-likeness (QED) is 0.684. The van der Waals surface area contributed by atoms with Crippen LogP contribution in [0.2, 0.25) is 5.02 Å². The summed E-state index contributed by atoms with van der Waals surface area (Å²) in [6.07, 6.45) is -0.857. The summed E-state index contributed by atoms with van der Waals surface area (Å²) in [5, 5.41) is 2.11. The zero-order chi connectivity index (χ0) is 21.2. The molecule has 29 heavy (non-hydrogen) atoms. The van der Waals surface area contributed by atoms with Crippen molar-refractivity contribution in [2.75, 3.05) is 0 Å². The number of hydrogen-bond acceptors (Lipinski definition) is 3. The maximum absolute atomic E-state index is 13.0. The number of halogens is 4. The van der Waals surface area contributed by atoms with E-state index in [0.29, 0.717) is 22.7 Å². The summed E-state index contributed by atoms with van der Waals surface area (Å²) in [6, 6.07) is 8.84. The number of imidazole rings is 1. The number of aromatic nitrogens is 3. The molecule has 0 saturated heterocycles. The van der Waals surface area contributed by atoms with Gasteiger partial charge in [0.2, 0.25) is 5.91 Å². The molecule has 2 aromatic heterocycles. The largest absolute Gasteiger partial charge is 0.417 e. The lowest BCUT2D eigenvalue weighted by atomic mass is 10.1. The molecule has 10 heteroatoms. The average Bonchev–Trinajstić information content (AvgIpc) is 3.09. The summed E-state index contributed by atoms with van der Waals surface area (Å²) in [4.78, 5) is 28.9. The Morgan fingerprint density at radius 3 is 2.55 bits per heavy atom. The summed E-state index contributed by atoms with van der Waals surface area (Å²) in [7, 11) is 1.75. The first-order valence-electron chi connectivity index (χ1n) is 8.45. The third-order valence-corrected chi connectivity index (χ3v) is 4.51. The molecule has 152 valence electrons. The van der Waals surface area contributed by atoms with Crippen molar-refractivity contribution < 1.29 is 18.0 Å². The second-order valence-corrected chi connectivity index (χ2v) is 6.72. The summed E-state index contributed by atoms with van der Waals surface area (Å²) in [5.74, 6) is -0.140.